The molecule has 0 aliphatic carbocycles. The van der Waals surface area contributed by atoms with Gasteiger partial charge in [-0.1, -0.05) is 289 Å². The summed E-state index contributed by atoms with van der Waals surface area (Å²) in [4.78, 5) is 38.2. The topological polar surface area (TPSA) is 78.9 Å². The molecule has 0 N–H and O–H groups in total. The summed E-state index contributed by atoms with van der Waals surface area (Å²) in [5, 5.41) is 0. The summed E-state index contributed by atoms with van der Waals surface area (Å²) in [5.41, 5.74) is 0. The SMILES string of the molecule is CC/C=C\C/C=C\C/C=C\C/C=C\C/C=C\C/C=C\CCCCCCCCCCC(=O)OCC(COC(=O)C/C=C\C/C=C\C/C=C\C/C=C\C/C=C\CC)OC(=O)CCCCCCCCCCCCCCCCCC. The average molecular weight is 1050 g/mol. The first-order chi connectivity index (χ1) is 37.5. The largest absolute Gasteiger partial charge is 0.462 e. The molecule has 6 heteroatoms. The minimum Gasteiger partial charge on any atom is -0.462 e. The van der Waals surface area contributed by atoms with Crippen LogP contribution >= 0.6 is 0 Å². The maximum absolute atomic E-state index is 12.9. The molecule has 1 unspecified atom stereocenters. The fourth-order valence-electron chi connectivity index (χ4n) is 8.34. The zero-order valence-electron chi connectivity index (χ0n) is 49.2. The normalized spacial score (nSPS) is 13.0. The first-order valence-corrected chi connectivity index (χ1v) is 31.2. The molecule has 0 saturated carbocycles. The highest BCUT2D eigenvalue weighted by atomic mass is 16.6. The molecular weight excluding hydrogens is 937 g/mol. The number of ether oxygens (including phenoxy) is 3. The average Bonchev–Trinajstić information content (AvgIpc) is 3.42. The predicted octanol–water partition coefficient (Wildman–Crippen LogP) is 21.4. The number of esters is 3. The van der Waals surface area contributed by atoms with E-state index >= 15 is 0 Å². The van der Waals surface area contributed by atoms with Gasteiger partial charge in [0.1, 0.15) is 13.2 Å². The molecule has 0 heterocycles. The highest BCUT2D eigenvalue weighted by molar-refractivity contribution is 5.72. The van der Waals surface area contributed by atoms with Gasteiger partial charge in [0.2, 0.25) is 0 Å². The molecule has 0 saturated heterocycles. The summed E-state index contributed by atoms with van der Waals surface area (Å²) in [5.74, 6) is -1.05. The maximum Gasteiger partial charge on any atom is 0.309 e. The Kier molecular flexibility index (Phi) is 59.4. The quantitative estimate of drug-likeness (QED) is 0.0261. The van der Waals surface area contributed by atoms with Gasteiger partial charge in [-0.15, -0.1) is 0 Å². The molecule has 0 aromatic heterocycles. The summed E-state index contributed by atoms with van der Waals surface area (Å²) in [6.07, 6.45) is 89.1. The molecule has 430 valence electrons. The number of hydrogen-bond acceptors (Lipinski definition) is 6. The van der Waals surface area contributed by atoms with Crippen LogP contribution in [0.25, 0.3) is 0 Å². The summed E-state index contributed by atoms with van der Waals surface area (Å²) >= 11 is 0. The predicted molar refractivity (Wildman–Crippen MR) is 329 cm³/mol. The number of rotatable bonds is 55. The standard InChI is InChI=1S/C70H114O6/c1-4-7-10-13-16-19-22-25-28-30-31-32-33-34-35-36-37-38-39-40-43-45-48-51-54-57-60-63-69(72)75-66-67(65-74-68(71)62-59-56-53-50-47-44-41-27-24-21-18-15-12-9-6-3)76-70(73)64-61-58-55-52-49-46-42-29-26-23-20-17-14-11-8-5-2/h7,9-10,12,16,18-19,21,25,27-28,31-32,34-35,37-38,41,47,50,56,59,67H,4-6,8,11,13-15,17,20,22-24,26,29-30,33,36,39-40,42-46,48-49,51-55,57-58,60-66H2,1-3H3/b10-7-,12-9-,19-16-,21-18-,28-25-,32-31-,35-34-,38-37-,41-27-,50-47-,59-56-. The number of allylic oxidation sites excluding steroid dienone is 21. The second-order valence-electron chi connectivity index (χ2n) is 20.2. The van der Waals surface area contributed by atoms with E-state index in [2.05, 4.69) is 142 Å². The van der Waals surface area contributed by atoms with Gasteiger partial charge in [-0.3, -0.25) is 14.4 Å². The molecule has 1 atom stereocenters. The monoisotopic (exact) mass is 1050 g/mol. The van der Waals surface area contributed by atoms with Gasteiger partial charge in [0.05, 0.1) is 6.42 Å². The Morgan fingerprint density at radius 1 is 0.289 bits per heavy atom. The first kappa shape index (κ1) is 71.5. The maximum atomic E-state index is 12.9. The fourth-order valence-corrected chi connectivity index (χ4v) is 8.34. The molecule has 0 amide bonds. The van der Waals surface area contributed by atoms with Crippen molar-refractivity contribution in [1.29, 1.82) is 0 Å². The van der Waals surface area contributed by atoms with E-state index in [1.165, 1.54) is 116 Å². The van der Waals surface area contributed by atoms with Crippen molar-refractivity contribution in [3.8, 4) is 0 Å². The van der Waals surface area contributed by atoms with E-state index < -0.39 is 12.1 Å². The Morgan fingerprint density at radius 3 is 0.921 bits per heavy atom. The lowest BCUT2D eigenvalue weighted by atomic mass is 10.0. The smallest absolute Gasteiger partial charge is 0.309 e. The Labute approximate surface area is 468 Å². The van der Waals surface area contributed by atoms with Gasteiger partial charge in [-0.25, -0.2) is 0 Å². The van der Waals surface area contributed by atoms with Crippen LogP contribution in [0, 0.1) is 0 Å². The van der Waals surface area contributed by atoms with Gasteiger partial charge < -0.3 is 14.2 Å². The van der Waals surface area contributed by atoms with Crippen molar-refractivity contribution in [3.05, 3.63) is 134 Å². The van der Waals surface area contributed by atoms with Gasteiger partial charge >= 0.3 is 17.9 Å². The zero-order chi connectivity index (χ0) is 55.0. The zero-order valence-corrected chi connectivity index (χ0v) is 49.2. The Hall–Kier alpha value is -4.45. The Morgan fingerprint density at radius 2 is 0.566 bits per heavy atom. The lowest BCUT2D eigenvalue weighted by Crippen LogP contribution is -2.30. The highest BCUT2D eigenvalue weighted by Crippen LogP contribution is 2.16. The van der Waals surface area contributed by atoms with Crippen molar-refractivity contribution in [2.45, 2.75) is 277 Å². The number of hydrogen-bond donors (Lipinski definition) is 0. The van der Waals surface area contributed by atoms with Crippen LogP contribution < -0.4 is 0 Å². The molecule has 0 spiro atoms. The molecule has 0 aliphatic rings. The minimum atomic E-state index is -0.825. The first-order valence-electron chi connectivity index (χ1n) is 31.2. The van der Waals surface area contributed by atoms with E-state index in [1.807, 2.05) is 6.08 Å². The molecule has 0 aliphatic heterocycles. The van der Waals surface area contributed by atoms with Crippen LogP contribution in [0.3, 0.4) is 0 Å². The van der Waals surface area contributed by atoms with E-state index in [1.54, 1.807) is 6.08 Å². The number of unbranched alkanes of at least 4 members (excludes halogenated alkanes) is 23. The molecule has 76 heavy (non-hydrogen) atoms. The fraction of sp³-hybridized carbons (Fsp3) is 0.643. The molecule has 0 aromatic rings. The highest BCUT2D eigenvalue weighted by Gasteiger charge is 2.19. The van der Waals surface area contributed by atoms with Crippen molar-refractivity contribution in [3.63, 3.8) is 0 Å². The summed E-state index contributed by atoms with van der Waals surface area (Å²) in [6, 6.07) is 0. The van der Waals surface area contributed by atoms with Crippen LogP contribution in [0.4, 0.5) is 0 Å². The van der Waals surface area contributed by atoms with E-state index in [0.29, 0.717) is 12.8 Å². The van der Waals surface area contributed by atoms with Crippen LogP contribution in [0.2, 0.25) is 0 Å². The summed E-state index contributed by atoms with van der Waals surface area (Å²) in [6.45, 7) is 6.33. The van der Waals surface area contributed by atoms with Crippen LogP contribution in [0.15, 0.2) is 134 Å². The molecule has 0 bridgehead atoms. The second-order valence-corrected chi connectivity index (χ2v) is 20.2. The van der Waals surface area contributed by atoms with Crippen molar-refractivity contribution in [2.75, 3.05) is 13.2 Å². The van der Waals surface area contributed by atoms with Crippen LogP contribution in [-0.4, -0.2) is 37.2 Å². The van der Waals surface area contributed by atoms with Crippen molar-refractivity contribution >= 4 is 17.9 Å². The van der Waals surface area contributed by atoms with Crippen LogP contribution in [0.1, 0.15) is 271 Å². The molecule has 0 fully saturated rings. The van der Waals surface area contributed by atoms with E-state index in [-0.39, 0.29) is 31.6 Å². The lowest BCUT2D eigenvalue weighted by molar-refractivity contribution is -0.166. The molecule has 0 rings (SSSR count). The Balaban J connectivity index is 4.42. The number of carbonyl (C=O) groups is 3. The number of carbonyl (C=O) groups excluding carboxylic acids is 3. The lowest BCUT2D eigenvalue weighted by Gasteiger charge is -2.18. The second kappa shape index (κ2) is 63.1. The third kappa shape index (κ3) is 60.4. The van der Waals surface area contributed by atoms with Crippen molar-refractivity contribution in [2.24, 2.45) is 0 Å². The van der Waals surface area contributed by atoms with Crippen LogP contribution in [-0.2, 0) is 28.6 Å². The third-order valence-electron chi connectivity index (χ3n) is 12.9. The van der Waals surface area contributed by atoms with Gasteiger partial charge in [-0.2, -0.15) is 0 Å². The molecule has 0 aromatic carbocycles. The third-order valence-corrected chi connectivity index (χ3v) is 12.9. The minimum absolute atomic E-state index is 0.114. The Bertz CT molecular complexity index is 1630. The van der Waals surface area contributed by atoms with E-state index in [9.17, 15) is 14.4 Å². The van der Waals surface area contributed by atoms with Crippen molar-refractivity contribution < 1.29 is 28.6 Å². The van der Waals surface area contributed by atoms with Crippen LogP contribution in [0.5, 0.6) is 0 Å². The van der Waals surface area contributed by atoms with Gasteiger partial charge in [0.15, 0.2) is 6.10 Å². The van der Waals surface area contributed by atoms with E-state index in [4.69, 9.17) is 14.2 Å². The van der Waals surface area contributed by atoms with Gasteiger partial charge in [-0.05, 0) is 96.3 Å². The molecule has 0 radical (unpaired) electrons. The van der Waals surface area contributed by atoms with Gasteiger partial charge in [0.25, 0.3) is 0 Å². The van der Waals surface area contributed by atoms with Crippen molar-refractivity contribution in [1.82, 2.24) is 0 Å². The summed E-state index contributed by atoms with van der Waals surface area (Å²) in [7, 11) is 0. The van der Waals surface area contributed by atoms with Gasteiger partial charge in [0, 0.05) is 12.8 Å². The molecular formula is C70H114O6. The molecule has 6 nitrogen and oxygen atoms in total. The van der Waals surface area contributed by atoms with E-state index in [0.717, 1.165) is 116 Å². The summed E-state index contributed by atoms with van der Waals surface area (Å²) < 4.78 is 16.8.